The van der Waals surface area contributed by atoms with Gasteiger partial charge < -0.3 is 13.9 Å². The second kappa shape index (κ2) is 7.86. The van der Waals surface area contributed by atoms with Gasteiger partial charge in [0, 0.05) is 12.7 Å². The SMILES string of the molecule is CO[C@H]1c2oc(-c3ccccc3)nc2CN(C(=O)OCc2ccccc2)[C@H]1C. The van der Waals surface area contributed by atoms with E-state index < -0.39 is 12.2 Å². The average Bonchev–Trinajstić information content (AvgIpc) is 3.17. The molecule has 1 aromatic heterocycles. The lowest BCUT2D eigenvalue weighted by Gasteiger charge is -2.35. The summed E-state index contributed by atoms with van der Waals surface area (Å²) in [7, 11) is 1.61. The van der Waals surface area contributed by atoms with Crippen LogP contribution in [0.5, 0.6) is 0 Å². The lowest BCUT2D eigenvalue weighted by Crippen LogP contribution is -2.45. The van der Waals surface area contributed by atoms with Crippen molar-refractivity contribution in [3.63, 3.8) is 0 Å². The van der Waals surface area contributed by atoms with Gasteiger partial charge in [-0.3, -0.25) is 4.90 Å². The fraction of sp³-hybridized carbons (Fsp3) is 0.273. The Labute approximate surface area is 163 Å². The molecule has 2 aromatic carbocycles. The van der Waals surface area contributed by atoms with E-state index in [0.717, 1.165) is 11.1 Å². The molecule has 144 valence electrons. The van der Waals surface area contributed by atoms with Crippen LogP contribution in [0.1, 0.15) is 30.0 Å². The zero-order valence-corrected chi connectivity index (χ0v) is 15.9. The van der Waals surface area contributed by atoms with E-state index in [9.17, 15) is 4.79 Å². The third kappa shape index (κ3) is 3.51. The summed E-state index contributed by atoms with van der Waals surface area (Å²) in [6, 6.07) is 19.1. The molecule has 0 spiro atoms. The van der Waals surface area contributed by atoms with Gasteiger partial charge in [-0.25, -0.2) is 9.78 Å². The van der Waals surface area contributed by atoms with Crippen LogP contribution in [0.4, 0.5) is 4.79 Å². The second-order valence-electron chi connectivity index (χ2n) is 6.76. The summed E-state index contributed by atoms with van der Waals surface area (Å²) in [5.74, 6) is 1.19. The van der Waals surface area contributed by atoms with E-state index in [0.29, 0.717) is 23.9 Å². The van der Waals surface area contributed by atoms with Gasteiger partial charge in [-0.1, -0.05) is 48.5 Å². The number of aromatic nitrogens is 1. The minimum atomic E-state index is -0.405. The van der Waals surface area contributed by atoms with E-state index in [1.165, 1.54) is 0 Å². The minimum Gasteiger partial charge on any atom is -0.445 e. The summed E-state index contributed by atoms with van der Waals surface area (Å²) in [4.78, 5) is 19.0. The van der Waals surface area contributed by atoms with Crippen LogP contribution in [0.15, 0.2) is 65.1 Å². The van der Waals surface area contributed by atoms with Crippen molar-refractivity contribution in [1.82, 2.24) is 9.88 Å². The third-order valence-corrected chi connectivity index (χ3v) is 4.95. The molecule has 2 atom stereocenters. The topological polar surface area (TPSA) is 64.8 Å². The van der Waals surface area contributed by atoms with Crippen LogP contribution in [0.2, 0.25) is 0 Å². The largest absolute Gasteiger partial charge is 0.445 e. The maximum atomic E-state index is 12.7. The quantitative estimate of drug-likeness (QED) is 0.665. The molecule has 3 aromatic rings. The standard InChI is InChI=1S/C22H22N2O4/c1-15-19(26-2)20-18(23-21(28-20)17-11-7-4-8-12-17)13-24(15)22(25)27-14-16-9-5-3-6-10-16/h3-12,15,19H,13-14H2,1-2H3/t15-,19+/m0/s1. The molecule has 1 aliphatic heterocycles. The molecule has 0 saturated carbocycles. The molecule has 0 fully saturated rings. The molecule has 0 aliphatic carbocycles. The Morgan fingerprint density at radius 1 is 1.14 bits per heavy atom. The van der Waals surface area contributed by atoms with Crippen molar-refractivity contribution >= 4 is 6.09 Å². The Balaban J connectivity index is 1.55. The smallest absolute Gasteiger partial charge is 0.410 e. The fourth-order valence-electron chi connectivity index (χ4n) is 3.43. The van der Waals surface area contributed by atoms with Gasteiger partial charge in [0.25, 0.3) is 0 Å². The summed E-state index contributed by atoms with van der Waals surface area (Å²) in [5.41, 5.74) is 2.52. The number of amides is 1. The maximum absolute atomic E-state index is 12.7. The Bertz CT molecular complexity index is 940. The average molecular weight is 378 g/mol. The van der Waals surface area contributed by atoms with Gasteiger partial charge in [0.1, 0.15) is 18.4 Å². The highest BCUT2D eigenvalue weighted by molar-refractivity contribution is 5.69. The summed E-state index contributed by atoms with van der Waals surface area (Å²) < 4.78 is 17.2. The number of ether oxygens (including phenoxy) is 2. The third-order valence-electron chi connectivity index (χ3n) is 4.95. The van der Waals surface area contributed by atoms with E-state index in [2.05, 4.69) is 4.98 Å². The van der Waals surface area contributed by atoms with Gasteiger partial charge in [0.2, 0.25) is 5.89 Å². The number of methoxy groups -OCH3 is 1. The highest BCUT2D eigenvalue weighted by Gasteiger charge is 2.40. The van der Waals surface area contributed by atoms with Gasteiger partial charge in [-0.05, 0) is 24.6 Å². The molecule has 28 heavy (non-hydrogen) atoms. The van der Waals surface area contributed by atoms with Gasteiger partial charge in [0.15, 0.2) is 5.76 Å². The lowest BCUT2D eigenvalue weighted by molar-refractivity contribution is -0.0127. The van der Waals surface area contributed by atoms with Crippen LogP contribution in [-0.4, -0.2) is 29.1 Å². The molecule has 6 nitrogen and oxygen atoms in total. The Kier molecular flexibility index (Phi) is 5.12. The molecule has 0 radical (unpaired) electrons. The fourth-order valence-corrected chi connectivity index (χ4v) is 3.43. The summed E-state index contributed by atoms with van der Waals surface area (Å²) in [6.07, 6.45) is -0.800. The van der Waals surface area contributed by atoms with Gasteiger partial charge in [-0.15, -0.1) is 0 Å². The van der Waals surface area contributed by atoms with E-state index in [1.807, 2.05) is 67.6 Å². The number of oxazole rings is 1. The zero-order chi connectivity index (χ0) is 19.5. The van der Waals surface area contributed by atoms with Gasteiger partial charge in [-0.2, -0.15) is 0 Å². The monoisotopic (exact) mass is 378 g/mol. The van der Waals surface area contributed by atoms with Crippen molar-refractivity contribution in [1.29, 1.82) is 0 Å². The Morgan fingerprint density at radius 2 is 1.82 bits per heavy atom. The summed E-state index contributed by atoms with van der Waals surface area (Å²) in [6.45, 7) is 2.47. The number of fused-ring (bicyclic) bond motifs is 1. The van der Waals surface area contributed by atoms with Crippen molar-refractivity contribution < 1.29 is 18.7 Å². The van der Waals surface area contributed by atoms with Crippen molar-refractivity contribution in [2.45, 2.75) is 32.2 Å². The molecule has 0 saturated heterocycles. The molecular weight excluding hydrogens is 356 g/mol. The number of hydrogen-bond donors (Lipinski definition) is 0. The van der Waals surface area contributed by atoms with Crippen LogP contribution in [-0.2, 0) is 22.6 Å². The van der Waals surface area contributed by atoms with Gasteiger partial charge in [0.05, 0.1) is 12.6 Å². The number of nitrogens with zero attached hydrogens (tertiary/aromatic N) is 2. The first-order valence-electron chi connectivity index (χ1n) is 9.22. The second-order valence-corrected chi connectivity index (χ2v) is 6.76. The van der Waals surface area contributed by atoms with Crippen molar-refractivity contribution in [2.24, 2.45) is 0 Å². The molecule has 0 bridgehead atoms. The Hall–Kier alpha value is -3.12. The molecule has 1 aliphatic rings. The summed E-state index contributed by atoms with van der Waals surface area (Å²) >= 11 is 0. The minimum absolute atomic E-state index is 0.224. The van der Waals surface area contributed by atoms with Crippen LogP contribution in [0.3, 0.4) is 0 Å². The van der Waals surface area contributed by atoms with Crippen LogP contribution in [0, 0.1) is 0 Å². The predicted molar refractivity (Wildman–Crippen MR) is 103 cm³/mol. The van der Waals surface area contributed by atoms with Crippen molar-refractivity contribution in [3.8, 4) is 11.5 Å². The van der Waals surface area contributed by atoms with Crippen LogP contribution in [0.25, 0.3) is 11.5 Å². The molecule has 1 amide bonds. The molecule has 6 heteroatoms. The van der Waals surface area contributed by atoms with E-state index in [-0.39, 0.29) is 12.6 Å². The number of hydrogen-bond acceptors (Lipinski definition) is 5. The number of carbonyl (C=O) groups is 1. The molecule has 2 heterocycles. The lowest BCUT2D eigenvalue weighted by atomic mass is 10.0. The Morgan fingerprint density at radius 3 is 2.50 bits per heavy atom. The van der Waals surface area contributed by atoms with E-state index in [1.54, 1.807) is 12.0 Å². The molecular formula is C22H22N2O4. The number of rotatable bonds is 4. The van der Waals surface area contributed by atoms with E-state index in [4.69, 9.17) is 13.9 Å². The highest BCUT2D eigenvalue weighted by atomic mass is 16.6. The van der Waals surface area contributed by atoms with Crippen molar-refractivity contribution in [3.05, 3.63) is 77.7 Å². The first kappa shape index (κ1) is 18.3. The molecule has 0 N–H and O–H groups in total. The highest BCUT2D eigenvalue weighted by Crippen LogP contribution is 2.36. The predicted octanol–water partition coefficient (Wildman–Crippen LogP) is 4.57. The first-order chi connectivity index (χ1) is 13.7. The molecule has 0 unspecified atom stereocenters. The van der Waals surface area contributed by atoms with E-state index >= 15 is 0 Å². The van der Waals surface area contributed by atoms with Crippen LogP contribution >= 0.6 is 0 Å². The number of carbonyl (C=O) groups excluding carboxylic acids is 1. The number of benzene rings is 2. The maximum Gasteiger partial charge on any atom is 0.410 e. The first-order valence-corrected chi connectivity index (χ1v) is 9.22. The summed E-state index contributed by atoms with van der Waals surface area (Å²) in [5, 5.41) is 0. The van der Waals surface area contributed by atoms with Crippen molar-refractivity contribution in [2.75, 3.05) is 7.11 Å². The normalized spacial score (nSPS) is 18.6. The van der Waals surface area contributed by atoms with Crippen LogP contribution < -0.4 is 0 Å². The van der Waals surface area contributed by atoms with Gasteiger partial charge >= 0.3 is 6.09 Å². The zero-order valence-electron chi connectivity index (χ0n) is 15.9. The molecule has 4 rings (SSSR count).